The van der Waals surface area contributed by atoms with Gasteiger partial charge in [-0.3, -0.25) is 0 Å². The zero-order valence-electron chi connectivity index (χ0n) is 7.52. The Morgan fingerprint density at radius 2 is 1.44 bits per heavy atom. The van der Waals surface area contributed by atoms with Gasteiger partial charge in [0, 0.05) is 5.56 Å². The van der Waals surface area contributed by atoms with Crippen molar-refractivity contribution in [3.05, 3.63) is 35.9 Å². The lowest BCUT2D eigenvalue weighted by molar-refractivity contribution is -0.376. The largest absolute Gasteiger partial charge is 0.430 e. The van der Waals surface area contributed by atoms with Crippen LogP contribution in [0.4, 0.5) is 26.3 Å². The van der Waals surface area contributed by atoms with Crippen molar-refractivity contribution in [3.8, 4) is 0 Å². The molecule has 1 radical (unpaired) electrons. The summed E-state index contributed by atoms with van der Waals surface area (Å²) >= 11 is 0. The van der Waals surface area contributed by atoms with Gasteiger partial charge in [-0.15, -0.1) is 0 Å². The van der Waals surface area contributed by atoms with Gasteiger partial charge in [-0.1, -0.05) is 24.3 Å². The molecule has 1 nitrogen and oxygen atoms in total. The second kappa shape index (κ2) is 3.65. The molecule has 0 atom stereocenters. The highest BCUT2D eigenvalue weighted by Gasteiger charge is 2.71. The smallest absolute Gasteiger partial charge is 0.369 e. The molecule has 0 saturated heterocycles. The Labute approximate surface area is 86.3 Å². The molecule has 1 aromatic rings. The quantitative estimate of drug-likeness (QED) is 0.752. The molecule has 0 bridgehead atoms. The van der Waals surface area contributed by atoms with Gasteiger partial charge in [0.2, 0.25) is 0 Å². The average molecular weight is 243 g/mol. The summed E-state index contributed by atoms with van der Waals surface area (Å²) in [6, 6.07) is 5.25. The number of aliphatic hydroxyl groups is 1. The molecule has 1 N–H and O–H groups in total. The van der Waals surface area contributed by atoms with Crippen LogP contribution in [0.5, 0.6) is 0 Å². The predicted octanol–water partition coefficient (Wildman–Crippen LogP) is 2.80. The monoisotopic (exact) mass is 243 g/mol. The van der Waals surface area contributed by atoms with Crippen LogP contribution >= 0.6 is 0 Å². The summed E-state index contributed by atoms with van der Waals surface area (Å²) in [5.41, 5.74) is -6.27. The minimum Gasteiger partial charge on any atom is -0.369 e. The lowest BCUT2D eigenvalue weighted by Gasteiger charge is -2.32. The molecular weight excluding hydrogens is 238 g/mol. The second-order valence-corrected chi connectivity index (χ2v) is 2.98. The Balaban J connectivity index is 3.39. The van der Waals surface area contributed by atoms with Gasteiger partial charge < -0.3 is 5.11 Å². The van der Waals surface area contributed by atoms with Crippen LogP contribution < -0.4 is 0 Å². The van der Waals surface area contributed by atoms with Gasteiger partial charge in [0.05, 0.1) is 0 Å². The van der Waals surface area contributed by atoms with Crippen LogP contribution in [-0.2, 0) is 5.60 Å². The molecule has 89 valence electrons. The predicted molar refractivity (Wildman–Crippen MR) is 41.3 cm³/mol. The first-order valence-electron chi connectivity index (χ1n) is 3.93. The van der Waals surface area contributed by atoms with Crippen LogP contribution in [0.15, 0.2) is 24.3 Å². The van der Waals surface area contributed by atoms with E-state index in [-0.39, 0.29) is 0 Å². The van der Waals surface area contributed by atoms with E-state index in [9.17, 15) is 26.3 Å². The lowest BCUT2D eigenvalue weighted by atomic mass is 9.92. The Bertz CT molecular complexity index is 339. The highest BCUT2D eigenvalue weighted by molar-refractivity contribution is 5.25. The molecule has 0 heterocycles. The van der Waals surface area contributed by atoms with E-state index in [0.717, 1.165) is 12.1 Å². The molecule has 0 amide bonds. The van der Waals surface area contributed by atoms with Crippen molar-refractivity contribution in [2.24, 2.45) is 0 Å². The standard InChI is InChI=1S/C9H5F6O/c10-8(11,12)7(16,9(13,14)15)6-4-2-1-3-5-6/h1-4,16H. The van der Waals surface area contributed by atoms with E-state index >= 15 is 0 Å². The van der Waals surface area contributed by atoms with Crippen LogP contribution in [0.3, 0.4) is 0 Å². The maximum absolute atomic E-state index is 12.3. The average Bonchev–Trinajstić information content (AvgIpc) is 2.14. The SMILES string of the molecule is OC(c1[c]cccc1)(C(F)(F)F)C(F)(F)F. The zero-order chi connectivity index (χ0) is 12.6. The van der Waals surface area contributed by atoms with Crippen molar-refractivity contribution in [3.63, 3.8) is 0 Å². The van der Waals surface area contributed by atoms with Crippen LogP contribution in [0, 0.1) is 6.07 Å². The number of hydrogen-bond donors (Lipinski definition) is 1. The molecule has 1 rings (SSSR count). The molecule has 0 spiro atoms. The first kappa shape index (κ1) is 12.8. The van der Waals surface area contributed by atoms with Gasteiger partial charge in [-0.05, 0) is 6.07 Å². The highest BCUT2D eigenvalue weighted by Crippen LogP contribution is 2.49. The maximum Gasteiger partial charge on any atom is 0.430 e. The summed E-state index contributed by atoms with van der Waals surface area (Å²) in [4.78, 5) is 0. The van der Waals surface area contributed by atoms with Gasteiger partial charge >= 0.3 is 12.4 Å². The summed E-state index contributed by atoms with van der Waals surface area (Å²) in [5.74, 6) is 0. The Hall–Kier alpha value is -1.24. The number of halogens is 6. The summed E-state index contributed by atoms with van der Waals surface area (Å²) in [5, 5.41) is 8.87. The third-order valence-corrected chi connectivity index (χ3v) is 1.92. The van der Waals surface area contributed by atoms with E-state index in [1.54, 1.807) is 6.07 Å². The fourth-order valence-electron chi connectivity index (χ4n) is 1.08. The van der Waals surface area contributed by atoms with Crippen molar-refractivity contribution in [2.45, 2.75) is 18.0 Å². The Morgan fingerprint density at radius 1 is 0.938 bits per heavy atom. The van der Waals surface area contributed by atoms with E-state index < -0.39 is 23.5 Å². The first-order chi connectivity index (χ1) is 7.11. The minimum atomic E-state index is -5.86. The molecule has 0 aliphatic carbocycles. The van der Waals surface area contributed by atoms with Gasteiger partial charge in [0.25, 0.3) is 5.60 Å². The van der Waals surface area contributed by atoms with Crippen molar-refractivity contribution in [1.29, 1.82) is 0 Å². The van der Waals surface area contributed by atoms with Gasteiger partial charge in [0.15, 0.2) is 0 Å². The van der Waals surface area contributed by atoms with E-state index in [1.165, 1.54) is 6.07 Å². The molecule has 0 aliphatic rings. The summed E-state index contributed by atoms with van der Waals surface area (Å²) in [6.07, 6.45) is -11.7. The van der Waals surface area contributed by atoms with Gasteiger partial charge in [-0.25, -0.2) is 0 Å². The molecule has 0 unspecified atom stereocenters. The molecule has 7 heteroatoms. The molecule has 0 saturated carbocycles. The molecule has 0 aromatic heterocycles. The van der Waals surface area contributed by atoms with Gasteiger partial charge in [0.1, 0.15) is 0 Å². The minimum absolute atomic E-state index is 0.515. The normalized spacial score (nSPS) is 13.9. The van der Waals surface area contributed by atoms with E-state index in [4.69, 9.17) is 5.11 Å². The Kier molecular flexibility index (Phi) is 2.93. The van der Waals surface area contributed by atoms with E-state index in [2.05, 4.69) is 0 Å². The van der Waals surface area contributed by atoms with Crippen LogP contribution in [0.25, 0.3) is 0 Å². The molecule has 16 heavy (non-hydrogen) atoms. The first-order valence-corrected chi connectivity index (χ1v) is 3.93. The number of rotatable bonds is 1. The third-order valence-electron chi connectivity index (χ3n) is 1.92. The summed E-state index contributed by atoms with van der Waals surface area (Å²) in [6.45, 7) is 0. The van der Waals surface area contributed by atoms with Crippen LogP contribution in [-0.4, -0.2) is 17.5 Å². The molecule has 0 fully saturated rings. The number of alkyl halides is 6. The topological polar surface area (TPSA) is 20.2 Å². The van der Waals surface area contributed by atoms with Crippen LogP contribution in [0.2, 0.25) is 0 Å². The van der Waals surface area contributed by atoms with Crippen LogP contribution in [0.1, 0.15) is 5.56 Å². The maximum atomic E-state index is 12.3. The van der Waals surface area contributed by atoms with Gasteiger partial charge in [-0.2, -0.15) is 26.3 Å². The molecule has 0 aliphatic heterocycles. The number of hydrogen-bond acceptors (Lipinski definition) is 1. The third kappa shape index (κ3) is 1.87. The molecular formula is C9H5F6O. The van der Waals surface area contributed by atoms with Crippen molar-refractivity contribution in [1.82, 2.24) is 0 Å². The van der Waals surface area contributed by atoms with Crippen molar-refractivity contribution in [2.75, 3.05) is 0 Å². The highest BCUT2D eigenvalue weighted by atomic mass is 19.4. The second-order valence-electron chi connectivity index (χ2n) is 2.98. The Morgan fingerprint density at radius 3 is 1.75 bits per heavy atom. The van der Waals surface area contributed by atoms with Crippen molar-refractivity contribution >= 4 is 0 Å². The fraction of sp³-hybridized carbons (Fsp3) is 0.333. The summed E-state index contributed by atoms with van der Waals surface area (Å²) < 4.78 is 73.8. The van der Waals surface area contributed by atoms with Crippen molar-refractivity contribution < 1.29 is 31.4 Å². The molecule has 1 aromatic carbocycles. The van der Waals surface area contributed by atoms with E-state index in [0.29, 0.717) is 6.07 Å². The van der Waals surface area contributed by atoms with E-state index in [1.807, 2.05) is 0 Å². The number of benzene rings is 1. The zero-order valence-corrected chi connectivity index (χ0v) is 7.52. The lowest BCUT2D eigenvalue weighted by Crippen LogP contribution is -2.53. The summed E-state index contributed by atoms with van der Waals surface area (Å²) in [7, 11) is 0. The fourth-order valence-corrected chi connectivity index (χ4v) is 1.08.